The van der Waals surface area contributed by atoms with Crippen molar-refractivity contribution in [2.24, 2.45) is 0 Å². The third kappa shape index (κ3) is 3.53. The summed E-state index contributed by atoms with van der Waals surface area (Å²) in [5.41, 5.74) is 4.36. The van der Waals surface area contributed by atoms with Gasteiger partial charge in [-0.25, -0.2) is 4.98 Å². The van der Waals surface area contributed by atoms with Gasteiger partial charge in [-0.15, -0.1) is 11.8 Å². The molecule has 0 spiro atoms. The maximum Gasteiger partial charge on any atom is 0.256 e. The lowest BCUT2D eigenvalue weighted by Crippen LogP contribution is -2.19. The number of fused-ring (bicyclic) bond motifs is 2. The molecule has 0 radical (unpaired) electrons. The first kappa shape index (κ1) is 18.4. The predicted molar refractivity (Wildman–Crippen MR) is 121 cm³/mol. The van der Waals surface area contributed by atoms with Crippen LogP contribution >= 0.6 is 11.8 Å². The number of pyridine rings is 1. The zero-order valence-electron chi connectivity index (χ0n) is 15.9. The third-order valence-corrected chi connectivity index (χ3v) is 5.97. The highest BCUT2D eigenvalue weighted by atomic mass is 32.2. The number of hydrogen-bond acceptors (Lipinski definition) is 4. The second-order valence-corrected chi connectivity index (χ2v) is 7.96. The molecule has 0 atom stereocenters. The molecule has 2 amide bonds. The van der Waals surface area contributed by atoms with Gasteiger partial charge in [0.25, 0.3) is 5.91 Å². The van der Waals surface area contributed by atoms with Gasteiger partial charge in [0.05, 0.1) is 28.2 Å². The van der Waals surface area contributed by atoms with Gasteiger partial charge in [0.15, 0.2) is 0 Å². The summed E-state index contributed by atoms with van der Waals surface area (Å²) in [5, 5.41) is 6.61. The fourth-order valence-corrected chi connectivity index (χ4v) is 4.27. The lowest BCUT2D eigenvalue weighted by molar-refractivity contribution is -0.113. The van der Waals surface area contributed by atoms with E-state index < -0.39 is 0 Å². The Morgan fingerprint density at radius 3 is 2.63 bits per heavy atom. The van der Waals surface area contributed by atoms with Gasteiger partial charge in [-0.3, -0.25) is 9.59 Å². The van der Waals surface area contributed by atoms with Crippen molar-refractivity contribution in [2.75, 3.05) is 16.4 Å². The minimum absolute atomic E-state index is 0.0383. The number of aromatic nitrogens is 1. The van der Waals surface area contributed by atoms with Crippen LogP contribution in [-0.4, -0.2) is 22.6 Å². The zero-order valence-corrected chi connectivity index (χ0v) is 16.7. The molecule has 0 aliphatic carbocycles. The van der Waals surface area contributed by atoms with Gasteiger partial charge in [-0.05, 0) is 30.3 Å². The molecule has 2 N–H and O–H groups in total. The number of amides is 2. The lowest BCUT2D eigenvalue weighted by Gasteiger charge is -2.17. The van der Waals surface area contributed by atoms with Gasteiger partial charge in [0.2, 0.25) is 5.91 Å². The third-order valence-electron chi connectivity index (χ3n) is 4.90. The molecule has 1 aromatic heterocycles. The Balaban J connectivity index is 1.53. The number of rotatable bonds is 3. The first-order valence-corrected chi connectivity index (χ1v) is 10.5. The van der Waals surface area contributed by atoms with E-state index in [1.165, 1.54) is 11.8 Å². The molecule has 30 heavy (non-hydrogen) atoms. The van der Waals surface area contributed by atoms with Crippen molar-refractivity contribution < 1.29 is 9.59 Å². The highest BCUT2D eigenvalue weighted by Gasteiger charge is 2.18. The number of benzene rings is 3. The number of carbonyl (C=O) groups excluding carboxylic acids is 2. The van der Waals surface area contributed by atoms with Crippen LogP contribution in [0.2, 0.25) is 0 Å². The van der Waals surface area contributed by atoms with Gasteiger partial charge < -0.3 is 10.6 Å². The number of nitrogens with zero attached hydrogens (tertiary/aromatic N) is 1. The molecule has 0 fully saturated rings. The lowest BCUT2D eigenvalue weighted by atomic mass is 10.0. The van der Waals surface area contributed by atoms with Gasteiger partial charge >= 0.3 is 0 Å². The molecule has 5 rings (SSSR count). The Labute approximate surface area is 177 Å². The molecule has 146 valence electrons. The minimum atomic E-state index is -0.222. The van der Waals surface area contributed by atoms with Crippen LogP contribution in [0.15, 0.2) is 83.8 Å². The molecule has 1 aliphatic rings. The molecular weight excluding hydrogens is 394 g/mol. The summed E-state index contributed by atoms with van der Waals surface area (Å²) in [4.78, 5) is 30.6. The van der Waals surface area contributed by atoms with E-state index in [0.717, 1.165) is 32.7 Å². The normalized spacial score (nSPS) is 12.9. The Kier molecular flexibility index (Phi) is 4.69. The second kappa shape index (κ2) is 7.65. The fraction of sp³-hybridized carbons (Fsp3) is 0.0417. The smallest absolute Gasteiger partial charge is 0.256 e. The molecule has 2 heterocycles. The standard InChI is InChI=1S/C24H17N3O2S/c28-23-14-30-22-11-10-16(12-21(22)27-23)25-24(29)18-13-20(15-6-2-1-3-7-15)26-19-9-5-4-8-17(18)19/h1-13H,14H2,(H,25,29)(H,27,28). The van der Waals surface area contributed by atoms with Crippen molar-refractivity contribution >= 4 is 45.9 Å². The quantitative estimate of drug-likeness (QED) is 0.486. The van der Waals surface area contributed by atoms with Crippen molar-refractivity contribution in [2.45, 2.75) is 4.90 Å². The molecule has 0 saturated carbocycles. The van der Waals surface area contributed by atoms with E-state index >= 15 is 0 Å². The van der Waals surface area contributed by atoms with Crippen molar-refractivity contribution in [1.29, 1.82) is 0 Å². The van der Waals surface area contributed by atoms with Gasteiger partial charge in [0.1, 0.15) is 0 Å². The number of anilines is 2. The molecular formula is C24H17N3O2S. The molecule has 0 bridgehead atoms. The minimum Gasteiger partial charge on any atom is -0.324 e. The average Bonchev–Trinajstić information content (AvgIpc) is 2.78. The van der Waals surface area contributed by atoms with E-state index in [1.807, 2.05) is 72.8 Å². The maximum atomic E-state index is 13.2. The first-order valence-electron chi connectivity index (χ1n) is 9.51. The maximum absolute atomic E-state index is 13.2. The molecule has 0 unspecified atom stereocenters. The molecule has 4 aromatic rings. The van der Waals surface area contributed by atoms with Crippen LogP contribution in [0.3, 0.4) is 0 Å². The van der Waals surface area contributed by atoms with Gasteiger partial charge in [-0.1, -0.05) is 48.5 Å². The van der Waals surface area contributed by atoms with Crippen LogP contribution in [0.1, 0.15) is 10.4 Å². The van der Waals surface area contributed by atoms with E-state index in [-0.39, 0.29) is 11.8 Å². The number of para-hydroxylation sites is 1. The van der Waals surface area contributed by atoms with Crippen LogP contribution in [0, 0.1) is 0 Å². The van der Waals surface area contributed by atoms with Crippen molar-refractivity contribution in [3.8, 4) is 11.3 Å². The number of carbonyl (C=O) groups is 2. The largest absolute Gasteiger partial charge is 0.324 e. The summed E-state index contributed by atoms with van der Waals surface area (Å²) in [6, 6.07) is 24.8. The Bertz CT molecular complexity index is 1290. The van der Waals surface area contributed by atoms with Crippen LogP contribution < -0.4 is 10.6 Å². The topological polar surface area (TPSA) is 71.1 Å². The molecule has 3 aromatic carbocycles. The molecule has 1 aliphatic heterocycles. The fourth-order valence-electron chi connectivity index (χ4n) is 3.48. The zero-order chi connectivity index (χ0) is 20.5. The predicted octanol–water partition coefficient (Wildman–Crippen LogP) is 5.20. The van der Waals surface area contributed by atoms with E-state index in [1.54, 1.807) is 6.07 Å². The Morgan fingerprint density at radius 1 is 0.967 bits per heavy atom. The summed E-state index contributed by atoms with van der Waals surface area (Å²) in [6.07, 6.45) is 0. The number of thioether (sulfide) groups is 1. The number of nitrogens with one attached hydrogen (secondary N) is 2. The average molecular weight is 411 g/mol. The van der Waals surface area contributed by atoms with Crippen molar-refractivity contribution in [1.82, 2.24) is 4.98 Å². The van der Waals surface area contributed by atoms with E-state index in [0.29, 0.717) is 17.0 Å². The summed E-state index contributed by atoms with van der Waals surface area (Å²) in [7, 11) is 0. The van der Waals surface area contributed by atoms with Crippen molar-refractivity contribution in [3.05, 3.63) is 84.4 Å². The van der Waals surface area contributed by atoms with Gasteiger partial charge in [0, 0.05) is 21.5 Å². The Morgan fingerprint density at radius 2 is 1.77 bits per heavy atom. The highest BCUT2D eigenvalue weighted by molar-refractivity contribution is 8.00. The molecule has 6 heteroatoms. The van der Waals surface area contributed by atoms with E-state index in [9.17, 15) is 9.59 Å². The molecule has 0 saturated heterocycles. The molecule has 5 nitrogen and oxygen atoms in total. The van der Waals surface area contributed by atoms with E-state index in [4.69, 9.17) is 4.98 Å². The monoisotopic (exact) mass is 411 g/mol. The summed E-state index contributed by atoms with van der Waals surface area (Å²) < 4.78 is 0. The number of hydrogen-bond donors (Lipinski definition) is 2. The van der Waals surface area contributed by atoms with Crippen LogP contribution in [0.25, 0.3) is 22.2 Å². The summed E-state index contributed by atoms with van der Waals surface area (Å²) >= 11 is 1.49. The van der Waals surface area contributed by atoms with Crippen molar-refractivity contribution in [3.63, 3.8) is 0 Å². The Hall–Kier alpha value is -3.64. The first-order chi connectivity index (χ1) is 14.7. The van der Waals surface area contributed by atoms with Crippen LogP contribution in [0.4, 0.5) is 11.4 Å². The van der Waals surface area contributed by atoms with Crippen LogP contribution in [0.5, 0.6) is 0 Å². The second-order valence-electron chi connectivity index (χ2n) is 6.94. The van der Waals surface area contributed by atoms with E-state index in [2.05, 4.69) is 10.6 Å². The SMILES string of the molecule is O=C1CSc2ccc(NC(=O)c3cc(-c4ccccc4)nc4ccccc34)cc2N1. The summed E-state index contributed by atoms with van der Waals surface area (Å²) in [5.74, 6) is 0.147. The van der Waals surface area contributed by atoms with Gasteiger partial charge in [-0.2, -0.15) is 0 Å². The summed E-state index contributed by atoms with van der Waals surface area (Å²) in [6.45, 7) is 0. The van der Waals surface area contributed by atoms with Crippen LogP contribution in [-0.2, 0) is 4.79 Å². The highest BCUT2D eigenvalue weighted by Crippen LogP contribution is 2.34.